The summed E-state index contributed by atoms with van der Waals surface area (Å²) in [5.41, 5.74) is 0. The van der Waals surface area contributed by atoms with Gasteiger partial charge in [-0.15, -0.1) is 0 Å². The molecule has 0 aromatic rings. The zero-order chi connectivity index (χ0) is 47.9. The Morgan fingerprint density at radius 2 is 0.591 bits per heavy atom. The van der Waals surface area contributed by atoms with E-state index in [-0.39, 0.29) is 31.1 Å². The van der Waals surface area contributed by atoms with Gasteiger partial charge in [-0.25, -0.2) is 0 Å². The Kier molecular flexibility index (Phi) is 52.3. The third-order valence-corrected chi connectivity index (χ3v) is 12.3. The highest BCUT2D eigenvalue weighted by molar-refractivity contribution is 5.71. The summed E-state index contributed by atoms with van der Waals surface area (Å²) >= 11 is 0. The minimum absolute atomic E-state index is 0.0771. The normalized spacial score (nSPS) is 12.5. The molecule has 0 heterocycles. The van der Waals surface area contributed by atoms with Gasteiger partial charge >= 0.3 is 17.9 Å². The zero-order valence-corrected chi connectivity index (χ0v) is 43.7. The van der Waals surface area contributed by atoms with Crippen molar-refractivity contribution in [1.82, 2.24) is 0 Å². The summed E-state index contributed by atoms with van der Waals surface area (Å²) in [5.74, 6) is -0.887. The Morgan fingerprint density at radius 3 is 0.924 bits per heavy atom. The van der Waals surface area contributed by atoms with E-state index in [0.717, 1.165) is 109 Å². The van der Waals surface area contributed by atoms with Crippen LogP contribution in [0, 0.1) is 0 Å². The molecule has 0 aliphatic heterocycles. The zero-order valence-electron chi connectivity index (χ0n) is 43.7. The number of unbranched alkanes of at least 4 members (excludes halogenated alkanes) is 30. The first-order valence-corrected chi connectivity index (χ1v) is 28.3. The highest BCUT2D eigenvalue weighted by Crippen LogP contribution is 2.16. The molecular formula is C60H106O6. The van der Waals surface area contributed by atoms with Crippen LogP contribution < -0.4 is 0 Å². The van der Waals surface area contributed by atoms with Gasteiger partial charge in [-0.1, -0.05) is 261 Å². The first kappa shape index (κ1) is 63.1. The lowest BCUT2D eigenvalue weighted by molar-refractivity contribution is -0.167. The van der Waals surface area contributed by atoms with E-state index in [9.17, 15) is 14.4 Å². The van der Waals surface area contributed by atoms with E-state index in [1.54, 1.807) is 0 Å². The molecule has 0 N–H and O–H groups in total. The average molecular weight is 924 g/mol. The number of ether oxygens (including phenoxy) is 3. The Bertz CT molecular complexity index is 1200. The SMILES string of the molecule is CC/C=C\C/C=C\C/C=C\C/C=C\C/C=C\CCCCCCCC(=O)OCC(COC(=O)CCCCCCCCCCC)OC(=O)CCCCCCCCCCCCCCCCCCCC. The van der Waals surface area contributed by atoms with Crippen LogP contribution in [0.15, 0.2) is 60.8 Å². The molecule has 0 aromatic carbocycles. The van der Waals surface area contributed by atoms with Crippen LogP contribution in [-0.4, -0.2) is 37.2 Å². The molecule has 0 saturated carbocycles. The van der Waals surface area contributed by atoms with Crippen LogP contribution >= 0.6 is 0 Å². The molecule has 0 amide bonds. The van der Waals surface area contributed by atoms with Gasteiger partial charge in [-0.3, -0.25) is 14.4 Å². The molecule has 1 atom stereocenters. The molecule has 0 fully saturated rings. The number of hydrogen-bond acceptors (Lipinski definition) is 6. The van der Waals surface area contributed by atoms with Gasteiger partial charge in [0, 0.05) is 19.3 Å². The Labute approximate surface area is 409 Å². The average Bonchev–Trinajstić information content (AvgIpc) is 3.31. The third kappa shape index (κ3) is 52.1. The standard InChI is InChI=1S/C60H106O6/c1-4-7-10-13-16-19-21-23-25-27-29-30-31-33-34-36-38-41-44-47-50-53-59(62)65-56-57(55-64-58(61)52-49-46-43-40-18-15-12-9-6-3)66-60(63)54-51-48-45-42-39-37-35-32-28-26-24-22-20-17-14-11-8-5-2/h7,10,16,19,23,25,29-30,33-34,57H,4-6,8-9,11-15,17-18,20-22,24,26-28,31-32,35-56H2,1-3H3/b10-7-,19-16-,25-23-,30-29-,34-33-. The largest absolute Gasteiger partial charge is 0.462 e. The van der Waals surface area contributed by atoms with Gasteiger partial charge in [-0.05, 0) is 64.2 Å². The summed E-state index contributed by atoms with van der Waals surface area (Å²) in [6, 6.07) is 0. The number of rotatable bonds is 51. The van der Waals surface area contributed by atoms with E-state index in [1.165, 1.54) is 135 Å². The second-order valence-corrected chi connectivity index (χ2v) is 18.8. The summed E-state index contributed by atoms with van der Waals surface area (Å²) in [5, 5.41) is 0. The van der Waals surface area contributed by atoms with Gasteiger partial charge in [0.25, 0.3) is 0 Å². The van der Waals surface area contributed by atoms with Gasteiger partial charge in [0.15, 0.2) is 6.10 Å². The van der Waals surface area contributed by atoms with Crippen molar-refractivity contribution < 1.29 is 28.6 Å². The molecule has 0 rings (SSSR count). The van der Waals surface area contributed by atoms with Gasteiger partial charge in [-0.2, -0.15) is 0 Å². The van der Waals surface area contributed by atoms with Crippen molar-refractivity contribution >= 4 is 17.9 Å². The molecule has 0 aliphatic carbocycles. The lowest BCUT2D eigenvalue weighted by Gasteiger charge is -2.18. The van der Waals surface area contributed by atoms with Crippen LogP contribution in [-0.2, 0) is 28.6 Å². The number of carbonyl (C=O) groups excluding carboxylic acids is 3. The maximum Gasteiger partial charge on any atom is 0.306 e. The molecule has 6 nitrogen and oxygen atoms in total. The summed E-state index contributed by atoms with van der Waals surface area (Å²) < 4.78 is 16.8. The number of allylic oxidation sites excluding steroid dienone is 10. The van der Waals surface area contributed by atoms with E-state index >= 15 is 0 Å². The number of esters is 3. The Hall–Kier alpha value is -2.89. The van der Waals surface area contributed by atoms with Crippen LogP contribution in [0.1, 0.15) is 284 Å². The second-order valence-electron chi connectivity index (χ2n) is 18.8. The van der Waals surface area contributed by atoms with Crippen LogP contribution in [0.3, 0.4) is 0 Å². The monoisotopic (exact) mass is 923 g/mol. The maximum atomic E-state index is 12.8. The van der Waals surface area contributed by atoms with Crippen molar-refractivity contribution in [2.24, 2.45) is 0 Å². The molecule has 0 saturated heterocycles. The lowest BCUT2D eigenvalue weighted by Crippen LogP contribution is -2.30. The van der Waals surface area contributed by atoms with E-state index in [0.29, 0.717) is 19.3 Å². The fraction of sp³-hybridized carbons (Fsp3) is 0.783. The van der Waals surface area contributed by atoms with E-state index in [1.807, 2.05) is 0 Å². The molecule has 0 bridgehead atoms. The van der Waals surface area contributed by atoms with Gasteiger partial charge in [0.1, 0.15) is 13.2 Å². The molecule has 382 valence electrons. The van der Waals surface area contributed by atoms with E-state index in [4.69, 9.17) is 14.2 Å². The van der Waals surface area contributed by atoms with Crippen molar-refractivity contribution in [3.63, 3.8) is 0 Å². The van der Waals surface area contributed by atoms with E-state index in [2.05, 4.69) is 81.5 Å². The minimum atomic E-state index is -0.778. The van der Waals surface area contributed by atoms with Crippen LogP contribution in [0.2, 0.25) is 0 Å². The number of carbonyl (C=O) groups is 3. The van der Waals surface area contributed by atoms with E-state index < -0.39 is 6.10 Å². The highest BCUT2D eigenvalue weighted by Gasteiger charge is 2.19. The molecule has 0 spiro atoms. The van der Waals surface area contributed by atoms with Crippen molar-refractivity contribution in [3.05, 3.63) is 60.8 Å². The lowest BCUT2D eigenvalue weighted by atomic mass is 10.0. The number of hydrogen-bond donors (Lipinski definition) is 0. The fourth-order valence-corrected chi connectivity index (χ4v) is 8.06. The van der Waals surface area contributed by atoms with Crippen molar-refractivity contribution in [3.8, 4) is 0 Å². The molecular weight excluding hydrogens is 817 g/mol. The van der Waals surface area contributed by atoms with Crippen molar-refractivity contribution in [2.45, 2.75) is 290 Å². The first-order chi connectivity index (χ1) is 32.5. The maximum absolute atomic E-state index is 12.8. The molecule has 0 aliphatic rings. The predicted molar refractivity (Wildman–Crippen MR) is 284 cm³/mol. The van der Waals surface area contributed by atoms with Gasteiger partial charge in [0.05, 0.1) is 0 Å². The van der Waals surface area contributed by atoms with Crippen LogP contribution in [0.5, 0.6) is 0 Å². The quantitative estimate of drug-likeness (QED) is 0.0262. The minimum Gasteiger partial charge on any atom is -0.462 e. The molecule has 6 heteroatoms. The van der Waals surface area contributed by atoms with Gasteiger partial charge < -0.3 is 14.2 Å². The fourth-order valence-electron chi connectivity index (χ4n) is 8.06. The summed E-state index contributed by atoms with van der Waals surface area (Å²) in [4.78, 5) is 38.0. The van der Waals surface area contributed by atoms with Crippen LogP contribution in [0.4, 0.5) is 0 Å². The third-order valence-electron chi connectivity index (χ3n) is 12.3. The molecule has 0 radical (unpaired) electrons. The summed E-state index contributed by atoms with van der Waals surface area (Å²) in [7, 11) is 0. The van der Waals surface area contributed by atoms with Gasteiger partial charge in [0.2, 0.25) is 0 Å². The highest BCUT2D eigenvalue weighted by atomic mass is 16.6. The molecule has 1 unspecified atom stereocenters. The molecule has 66 heavy (non-hydrogen) atoms. The summed E-state index contributed by atoms with van der Waals surface area (Å²) in [6.07, 6.45) is 67.9. The van der Waals surface area contributed by atoms with Crippen LogP contribution in [0.25, 0.3) is 0 Å². The molecule has 0 aromatic heterocycles. The Morgan fingerprint density at radius 1 is 0.318 bits per heavy atom. The topological polar surface area (TPSA) is 78.9 Å². The van der Waals surface area contributed by atoms with Crippen molar-refractivity contribution in [1.29, 1.82) is 0 Å². The predicted octanol–water partition coefficient (Wildman–Crippen LogP) is 18.8. The second kappa shape index (κ2) is 54.7. The van der Waals surface area contributed by atoms with Crippen molar-refractivity contribution in [2.75, 3.05) is 13.2 Å². The summed E-state index contributed by atoms with van der Waals surface area (Å²) in [6.45, 7) is 6.52. The smallest absolute Gasteiger partial charge is 0.306 e. The first-order valence-electron chi connectivity index (χ1n) is 28.3. The Balaban J connectivity index is 4.30.